The number of hydrogen-bond acceptors (Lipinski definition) is 5. The van der Waals surface area contributed by atoms with E-state index in [4.69, 9.17) is 9.26 Å². The van der Waals surface area contributed by atoms with E-state index >= 15 is 0 Å². The van der Waals surface area contributed by atoms with Crippen molar-refractivity contribution < 1.29 is 18.4 Å². The van der Waals surface area contributed by atoms with E-state index in [1.807, 2.05) is 18.2 Å². The highest BCUT2D eigenvalue weighted by atomic mass is 19.1. The van der Waals surface area contributed by atoms with Crippen LogP contribution in [0.2, 0.25) is 0 Å². The van der Waals surface area contributed by atoms with Crippen LogP contribution in [0.1, 0.15) is 10.4 Å². The number of carbonyl (C=O) groups excluding carboxylic acids is 1. The summed E-state index contributed by atoms with van der Waals surface area (Å²) in [6.45, 7) is 0. The molecule has 0 atom stereocenters. The van der Waals surface area contributed by atoms with Gasteiger partial charge in [0.2, 0.25) is 5.82 Å². The van der Waals surface area contributed by atoms with Gasteiger partial charge in [0, 0.05) is 5.56 Å². The van der Waals surface area contributed by atoms with Crippen molar-refractivity contribution in [3.63, 3.8) is 0 Å². The minimum atomic E-state index is -0.517. The van der Waals surface area contributed by atoms with Gasteiger partial charge in [-0.1, -0.05) is 41.6 Å². The Kier molecular flexibility index (Phi) is 5.03. The Bertz CT molecular complexity index is 1170. The van der Waals surface area contributed by atoms with Crippen LogP contribution in [0.3, 0.4) is 0 Å². The largest absolute Gasteiger partial charge is 0.497 e. The molecule has 1 aromatic heterocycles. The topological polar surface area (TPSA) is 77.2 Å². The number of nitrogens with one attached hydrogen (secondary N) is 1. The zero-order chi connectivity index (χ0) is 20.2. The summed E-state index contributed by atoms with van der Waals surface area (Å²) in [6, 6.07) is 20.0. The van der Waals surface area contributed by atoms with Crippen molar-refractivity contribution in [2.75, 3.05) is 12.4 Å². The summed E-state index contributed by atoms with van der Waals surface area (Å²) in [4.78, 5) is 17.1. The molecule has 3 aromatic carbocycles. The second kappa shape index (κ2) is 7.93. The van der Waals surface area contributed by atoms with Gasteiger partial charge in [0.25, 0.3) is 11.8 Å². The quantitative estimate of drug-likeness (QED) is 0.530. The number of rotatable bonds is 5. The van der Waals surface area contributed by atoms with Crippen LogP contribution in [0.5, 0.6) is 5.75 Å². The fraction of sp³-hybridized carbons (Fsp3) is 0.0455. The fourth-order valence-electron chi connectivity index (χ4n) is 2.83. The van der Waals surface area contributed by atoms with E-state index in [0.29, 0.717) is 22.7 Å². The van der Waals surface area contributed by atoms with Crippen molar-refractivity contribution in [1.82, 2.24) is 10.1 Å². The molecular weight excluding hydrogens is 373 g/mol. The zero-order valence-corrected chi connectivity index (χ0v) is 15.4. The van der Waals surface area contributed by atoms with E-state index in [-0.39, 0.29) is 17.1 Å². The Morgan fingerprint density at radius 2 is 1.83 bits per heavy atom. The molecule has 0 aliphatic heterocycles. The highest BCUT2D eigenvalue weighted by Gasteiger charge is 2.19. The van der Waals surface area contributed by atoms with E-state index in [1.165, 1.54) is 12.1 Å². The van der Waals surface area contributed by atoms with E-state index < -0.39 is 11.7 Å². The Morgan fingerprint density at radius 1 is 1.03 bits per heavy atom. The molecule has 29 heavy (non-hydrogen) atoms. The number of amides is 1. The van der Waals surface area contributed by atoms with Crippen LogP contribution in [-0.4, -0.2) is 23.2 Å². The first-order valence-corrected chi connectivity index (χ1v) is 8.79. The molecule has 1 amide bonds. The number of aromatic nitrogens is 2. The normalized spacial score (nSPS) is 10.6. The maximum absolute atomic E-state index is 13.9. The summed E-state index contributed by atoms with van der Waals surface area (Å²) in [5, 5.41) is 6.57. The Hall–Kier alpha value is -4.00. The minimum Gasteiger partial charge on any atom is -0.497 e. The van der Waals surface area contributed by atoms with Crippen LogP contribution >= 0.6 is 0 Å². The predicted octanol–water partition coefficient (Wildman–Crippen LogP) is 4.80. The maximum Gasteiger partial charge on any atom is 0.259 e. The molecule has 6 nitrogen and oxygen atoms in total. The molecule has 1 heterocycles. The molecule has 0 unspecified atom stereocenters. The molecule has 0 aliphatic rings. The summed E-state index contributed by atoms with van der Waals surface area (Å²) in [5.74, 6) is 0.215. The van der Waals surface area contributed by atoms with Gasteiger partial charge in [0.05, 0.1) is 23.9 Å². The standard InChI is InChI=1S/C22H16FN3O3/c1-28-15-8-6-7-14(13-15)20-25-22(29-26-20)17-10-3-2-9-16(17)21(27)24-19-12-5-4-11-18(19)23/h2-13H,1H3,(H,24,27). The highest BCUT2D eigenvalue weighted by molar-refractivity contribution is 6.08. The number of hydrogen-bond donors (Lipinski definition) is 1. The van der Waals surface area contributed by atoms with Gasteiger partial charge in [-0.15, -0.1) is 0 Å². The van der Waals surface area contributed by atoms with Crippen molar-refractivity contribution in [3.8, 4) is 28.6 Å². The highest BCUT2D eigenvalue weighted by Crippen LogP contribution is 2.27. The number of anilines is 1. The summed E-state index contributed by atoms with van der Waals surface area (Å²) in [7, 11) is 1.57. The van der Waals surface area contributed by atoms with Crippen LogP contribution in [-0.2, 0) is 0 Å². The van der Waals surface area contributed by atoms with Gasteiger partial charge in [0.1, 0.15) is 11.6 Å². The smallest absolute Gasteiger partial charge is 0.259 e. The Balaban J connectivity index is 1.66. The zero-order valence-electron chi connectivity index (χ0n) is 15.4. The summed E-state index contributed by atoms with van der Waals surface area (Å²) in [5.41, 5.74) is 1.54. The van der Waals surface area contributed by atoms with Crippen molar-refractivity contribution in [2.45, 2.75) is 0 Å². The number of ether oxygens (including phenoxy) is 1. The summed E-state index contributed by atoms with van der Waals surface area (Å²) in [6.07, 6.45) is 0. The first-order valence-electron chi connectivity index (χ1n) is 8.79. The third kappa shape index (κ3) is 3.84. The molecule has 144 valence electrons. The number of halogens is 1. The molecule has 7 heteroatoms. The van der Waals surface area contributed by atoms with E-state index in [9.17, 15) is 9.18 Å². The number of para-hydroxylation sites is 1. The molecule has 1 N–H and O–H groups in total. The second-order valence-corrected chi connectivity index (χ2v) is 6.13. The first-order chi connectivity index (χ1) is 14.2. The second-order valence-electron chi connectivity index (χ2n) is 6.13. The molecule has 0 fully saturated rings. The van der Waals surface area contributed by atoms with Gasteiger partial charge in [-0.05, 0) is 36.4 Å². The maximum atomic E-state index is 13.9. The minimum absolute atomic E-state index is 0.0925. The average Bonchev–Trinajstić information content (AvgIpc) is 3.25. The van der Waals surface area contributed by atoms with Gasteiger partial charge in [-0.25, -0.2) is 4.39 Å². The van der Waals surface area contributed by atoms with Crippen LogP contribution in [0.25, 0.3) is 22.8 Å². The number of methoxy groups -OCH3 is 1. The number of carbonyl (C=O) groups is 1. The third-order valence-corrected chi connectivity index (χ3v) is 4.28. The molecule has 0 saturated heterocycles. The molecule has 0 radical (unpaired) electrons. The van der Waals surface area contributed by atoms with E-state index in [0.717, 1.165) is 0 Å². The van der Waals surface area contributed by atoms with Crippen LogP contribution in [0.4, 0.5) is 10.1 Å². The Morgan fingerprint density at radius 3 is 2.66 bits per heavy atom. The van der Waals surface area contributed by atoms with Gasteiger partial charge in [-0.3, -0.25) is 4.79 Å². The van der Waals surface area contributed by atoms with Gasteiger partial charge in [-0.2, -0.15) is 4.98 Å². The summed E-state index contributed by atoms with van der Waals surface area (Å²) < 4.78 is 24.5. The monoisotopic (exact) mass is 389 g/mol. The summed E-state index contributed by atoms with van der Waals surface area (Å²) >= 11 is 0. The SMILES string of the molecule is COc1cccc(-c2noc(-c3ccccc3C(=O)Nc3ccccc3F)n2)c1. The number of benzene rings is 3. The number of nitrogens with zero attached hydrogens (tertiary/aromatic N) is 2. The lowest BCUT2D eigenvalue weighted by atomic mass is 10.1. The first kappa shape index (κ1) is 18.4. The lowest BCUT2D eigenvalue weighted by Gasteiger charge is -2.08. The van der Waals surface area contributed by atoms with Crippen LogP contribution in [0, 0.1) is 5.82 Å². The lowest BCUT2D eigenvalue weighted by Crippen LogP contribution is -2.14. The molecule has 4 aromatic rings. The van der Waals surface area contributed by atoms with Crippen LogP contribution < -0.4 is 10.1 Å². The lowest BCUT2D eigenvalue weighted by molar-refractivity contribution is 0.102. The van der Waals surface area contributed by atoms with Crippen molar-refractivity contribution in [1.29, 1.82) is 0 Å². The fourth-order valence-corrected chi connectivity index (χ4v) is 2.83. The third-order valence-electron chi connectivity index (χ3n) is 4.28. The molecule has 4 rings (SSSR count). The molecule has 0 aliphatic carbocycles. The van der Waals surface area contributed by atoms with E-state index in [1.54, 1.807) is 49.6 Å². The predicted molar refractivity (Wildman–Crippen MR) is 106 cm³/mol. The Labute approximate surface area is 166 Å². The van der Waals surface area contributed by atoms with Gasteiger partial charge >= 0.3 is 0 Å². The van der Waals surface area contributed by atoms with E-state index in [2.05, 4.69) is 15.5 Å². The molecule has 0 saturated carbocycles. The van der Waals surface area contributed by atoms with Crippen molar-refractivity contribution >= 4 is 11.6 Å². The molecular formula is C22H16FN3O3. The van der Waals surface area contributed by atoms with Crippen molar-refractivity contribution in [2.24, 2.45) is 0 Å². The van der Waals surface area contributed by atoms with Gasteiger partial charge in [0.15, 0.2) is 0 Å². The van der Waals surface area contributed by atoms with Crippen molar-refractivity contribution in [3.05, 3.63) is 84.2 Å². The van der Waals surface area contributed by atoms with Gasteiger partial charge < -0.3 is 14.6 Å². The molecule has 0 bridgehead atoms. The molecule has 0 spiro atoms. The average molecular weight is 389 g/mol. The van der Waals surface area contributed by atoms with Crippen LogP contribution in [0.15, 0.2) is 77.3 Å².